The van der Waals surface area contributed by atoms with Gasteiger partial charge in [0, 0.05) is 11.1 Å². The molecule has 0 saturated heterocycles. The third-order valence-corrected chi connectivity index (χ3v) is 8.11. The average Bonchev–Trinajstić information content (AvgIpc) is 3.36. The molecular weight excluding hydrogens is 551 g/mol. The number of hydrogen-bond acceptors (Lipinski definition) is 5. The molecule has 2 aromatic rings. The Balaban J connectivity index is 0.000000717. The summed E-state index contributed by atoms with van der Waals surface area (Å²) in [5.41, 5.74) is 1.13. The van der Waals surface area contributed by atoms with E-state index in [1.807, 2.05) is 6.20 Å². The minimum absolute atomic E-state index is 0.169. The van der Waals surface area contributed by atoms with Crippen LogP contribution in [0.2, 0.25) is 0 Å². The molecular formula is C32H52F3NO4S. The molecule has 3 atom stereocenters. The second kappa shape index (κ2) is 20.7. The van der Waals surface area contributed by atoms with Gasteiger partial charge in [-0.2, -0.15) is 8.78 Å². The van der Waals surface area contributed by atoms with Crippen LogP contribution in [0.4, 0.5) is 13.2 Å². The zero-order valence-electron chi connectivity index (χ0n) is 26.2. The molecule has 41 heavy (non-hydrogen) atoms. The highest BCUT2D eigenvalue weighted by atomic mass is 32.1. The van der Waals surface area contributed by atoms with E-state index in [0.717, 1.165) is 30.7 Å². The number of rotatable bonds is 15. The zero-order chi connectivity index (χ0) is 31.5. The maximum Gasteiger partial charge on any atom is 0.387 e. The van der Waals surface area contributed by atoms with Gasteiger partial charge < -0.3 is 14.6 Å². The summed E-state index contributed by atoms with van der Waals surface area (Å²) < 4.78 is 47.6. The molecule has 3 unspecified atom stereocenters. The van der Waals surface area contributed by atoms with E-state index in [1.165, 1.54) is 24.1 Å². The van der Waals surface area contributed by atoms with Crippen molar-refractivity contribution < 1.29 is 32.5 Å². The van der Waals surface area contributed by atoms with Crippen LogP contribution in [0.3, 0.4) is 0 Å². The Morgan fingerprint density at radius 3 is 2.22 bits per heavy atom. The van der Waals surface area contributed by atoms with Gasteiger partial charge in [-0.05, 0) is 61.5 Å². The van der Waals surface area contributed by atoms with E-state index in [2.05, 4.69) is 58.2 Å². The first kappa shape index (κ1) is 38.9. The molecule has 0 radical (unpaired) electrons. The highest BCUT2D eigenvalue weighted by Gasteiger charge is 2.32. The Labute approximate surface area is 249 Å². The number of hydrogen-bond donors (Lipinski definition) is 1. The van der Waals surface area contributed by atoms with Gasteiger partial charge in [-0.1, -0.05) is 79.9 Å². The molecule has 2 rings (SSSR count). The van der Waals surface area contributed by atoms with Crippen molar-refractivity contribution in [2.24, 2.45) is 16.7 Å². The largest absolute Gasteiger partial charge is 0.483 e. The fourth-order valence-electron chi connectivity index (χ4n) is 4.37. The first-order chi connectivity index (χ1) is 19.3. The second-order valence-corrected chi connectivity index (χ2v) is 12.8. The minimum atomic E-state index is -2.82. The van der Waals surface area contributed by atoms with Gasteiger partial charge in [0.2, 0.25) is 0 Å². The number of carbonyl (C=O) groups is 1. The van der Waals surface area contributed by atoms with Crippen molar-refractivity contribution in [3.63, 3.8) is 0 Å². The number of halogens is 3. The molecule has 0 aliphatic carbocycles. The molecule has 0 spiro atoms. The van der Waals surface area contributed by atoms with Gasteiger partial charge in [-0.15, -0.1) is 11.3 Å². The predicted molar refractivity (Wildman–Crippen MR) is 164 cm³/mol. The molecule has 9 heteroatoms. The minimum Gasteiger partial charge on any atom is -0.483 e. The predicted octanol–water partition coefficient (Wildman–Crippen LogP) is 10.1. The van der Waals surface area contributed by atoms with E-state index < -0.39 is 12.8 Å². The number of aryl methyl sites for hydroxylation is 1. The Kier molecular flexibility index (Phi) is 19.6. The number of ether oxygens (including phenoxy) is 2. The Bertz CT molecular complexity index is 949. The Morgan fingerprint density at radius 1 is 1.07 bits per heavy atom. The normalized spacial score (nSPS) is 14.1. The molecule has 5 nitrogen and oxygen atoms in total. The number of thiazole rings is 1. The van der Waals surface area contributed by atoms with Crippen LogP contribution in [0, 0.1) is 16.7 Å². The van der Waals surface area contributed by atoms with E-state index in [0.29, 0.717) is 23.5 Å². The summed E-state index contributed by atoms with van der Waals surface area (Å²) in [6.45, 7) is 15.2. The maximum absolute atomic E-state index is 12.8. The smallest absolute Gasteiger partial charge is 0.387 e. The number of para-hydroxylation sites is 1. The fourth-order valence-corrected chi connectivity index (χ4v) is 5.35. The van der Waals surface area contributed by atoms with Gasteiger partial charge in [-0.3, -0.25) is 4.79 Å². The molecule has 0 saturated carbocycles. The first-order valence-electron chi connectivity index (χ1n) is 14.5. The molecule has 0 fully saturated rings. The number of unbranched alkanes of at least 4 members (excludes halogenated alkanes) is 2. The van der Waals surface area contributed by atoms with Crippen LogP contribution in [0.5, 0.6) is 5.75 Å². The summed E-state index contributed by atoms with van der Waals surface area (Å²) >= 11 is 1.54. The van der Waals surface area contributed by atoms with Crippen molar-refractivity contribution in [2.75, 3.05) is 13.2 Å². The van der Waals surface area contributed by atoms with Crippen molar-refractivity contribution in [1.82, 2.24) is 4.98 Å². The quantitative estimate of drug-likeness (QED) is 0.162. The summed E-state index contributed by atoms with van der Waals surface area (Å²) in [6.07, 6.45) is 8.89. The molecule has 0 bridgehead atoms. The Hall–Kier alpha value is -2.13. The van der Waals surface area contributed by atoms with Crippen molar-refractivity contribution >= 4 is 17.8 Å². The van der Waals surface area contributed by atoms with Crippen molar-refractivity contribution in [3.05, 3.63) is 35.3 Å². The van der Waals surface area contributed by atoms with Crippen LogP contribution in [-0.2, 0) is 16.0 Å². The molecule has 1 aromatic carbocycles. The van der Waals surface area contributed by atoms with Crippen LogP contribution in [-0.4, -0.2) is 42.6 Å². The Morgan fingerprint density at radius 2 is 1.71 bits per heavy atom. The van der Waals surface area contributed by atoms with Gasteiger partial charge in [0.15, 0.2) is 0 Å². The fraction of sp³-hybridized carbons (Fsp3) is 0.688. The van der Waals surface area contributed by atoms with Crippen molar-refractivity contribution in [2.45, 2.75) is 113 Å². The van der Waals surface area contributed by atoms with Gasteiger partial charge in [-0.25, -0.2) is 9.37 Å². The van der Waals surface area contributed by atoms with Gasteiger partial charge >= 0.3 is 6.61 Å². The molecule has 0 aliphatic heterocycles. The maximum atomic E-state index is 12.8. The summed E-state index contributed by atoms with van der Waals surface area (Å²) in [5.74, 6) is 0.866. The number of aromatic nitrogens is 1. The van der Waals surface area contributed by atoms with Crippen LogP contribution in [0.25, 0.3) is 10.6 Å². The number of carboxylic acid groups (broad SMARTS) is 1. The lowest BCUT2D eigenvalue weighted by atomic mass is 9.69. The van der Waals surface area contributed by atoms with Gasteiger partial charge in [0.1, 0.15) is 16.9 Å². The second-order valence-electron chi connectivity index (χ2n) is 11.7. The van der Waals surface area contributed by atoms with Crippen LogP contribution >= 0.6 is 11.3 Å². The SMILES string of the molecule is CCC(CC(C)(CC)COCC(C)F)C(C)(C)C.CCCCCc1cnc(-c2ccccc2OC(F)F)s1.O=CO. The number of alkyl halides is 3. The van der Waals surface area contributed by atoms with Crippen LogP contribution in [0.1, 0.15) is 98.8 Å². The van der Waals surface area contributed by atoms with E-state index in [1.54, 1.807) is 42.5 Å². The molecule has 1 N–H and O–H groups in total. The third-order valence-electron chi connectivity index (χ3n) is 7.02. The first-order valence-corrected chi connectivity index (χ1v) is 15.4. The molecule has 1 aromatic heterocycles. The topological polar surface area (TPSA) is 68.7 Å². The molecule has 236 valence electrons. The van der Waals surface area contributed by atoms with E-state index >= 15 is 0 Å². The van der Waals surface area contributed by atoms with Crippen molar-refractivity contribution in [3.8, 4) is 16.3 Å². The van der Waals surface area contributed by atoms with Crippen molar-refractivity contribution in [1.29, 1.82) is 0 Å². The molecule has 1 heterocycles. The summed E-state index contributed by atoms with van der Waals surface area (Å²) in [7, 11) is 0. The van der Waals surface area contributed by atoms with E-state index in [4.69, 9.17) is 14.6 Å². The van der Waals surface area contributed by atoms with Crippen LogP contribution in [0.15, 0.2) is 30.5 Å². The lowest BCUT2D eigenvalue weighted by Crippen LogP contribution is -2.31. The summed E-state index contributed by atoms with van der Waals surface area (Å²) in [5, 5.41) is 7.62. The molecule has 0 amide bonds. The number of benzene rings is 1. The van der Waals surface area contributed by atoms with Gasteiger partial charge in [0.25, 0.3) is 6.47 Å². The average molecular weight is 604 g/mol. The van der Waals surface area contributed by atoms with E-state index in [9.17, 15) is 13.2 Å². The lowest BCUT2D eigenvalue weighted by Gasteiger charge is -2.38. The number of nitrogens with zero attached hydrogens (tertiary/aromatic N) is 1. The lowest BCUT2D eigenvalue weighted by molar-refractivity contribution is -0.122. The van der Waals surface area contributed by atoms with E-state index in [-0.39, 0.29) is 24.2 Å². The van der Waals surface area contributed by atoms with Crippen LogP contribution < -0.4 is 4.74 Å². The zero-order valence-corrected chi connectivity index (χ0v) is 27.0. The summed E-state index contributed by atoms with van der Waals surface area (Å²) in [4.78, 5) is 13.9. The monoisotopic (exact) mass is 603 g/mol. The highest BCUT2D eigenvalue weighted by molar-refractivity contribution is 7.15. The third kappa shape index (κ3) is 16.8. The van der Waals surface area contributed by atoms with Gasteiger partial charge in [0.05, 0.1) is 18.8 Å². The summed E-state index contributed by atoms with van der Waals surface area (Å²) in [6, 6.07) is 6.77. The standard InChI is InChI=1S/C16H33FO.C15H17F2NOS.CH2O2/c1-8-14(15(4,5)6)10-16(7,9-2)12-18-11-13(3)17;1-2-3-4-7-11-10-18-14(20-11)12-8-5-6-9-13(12)19-15(16)17;2-1-3/h13-14H,8-12H2,1-7H3;5-6,8-10,15H,2-4,7H2,1H3;1H,(H,2,3). The highest BCUT2D eigenvalue weighted by Crippen LogP contribution is 2.40. The molecule has 0 aliphatic rings.